The van der Waals surface area contributed by atoms with Crippen molar-refractivity contribution in [3.63, 3.8) is 0 Å². The minimum atomic E-state index is -1.27. The second-order valence-electron chi connectivity index (χ2n) is 9.61. The summed E-state index contributed by atoms with van der Waals surface area (Å²) in [4.78, 5) is 7.00. The zero-order valence-electron chi connectivity index (χ0n) is 21.1. The van der Waals surface area contributed by atoms with Crippen molar-refractivity contribution in [1.29, 1.82) is 0 Å². The molecule has 182 valence electrons. The highest BCUT2D eigenvalue weighted by atomic mass is 16.5. The number of benzene rings is 4. The molecule has 1 atom stereocenters. The predicted molar refractivity (Wildman–Crippen MR) is 148 cm³/mol. The second kappa shape index (κ2) is 10.1. The fraction of sp³-hybridized carbons (Fsp3) is 0.219. The molecule has 5 aromatic rings. The summed E-state index contributed by atoms with van der Waals surface area (Å²) < 4.78 is 5.79. The van der Waals surface area contributed by atoms with E-state index in [2.05, 4.69) is 67.5 Å². The lowest BCUT2D eigenvalue weighted by atomic mass is 9.80. The summed E-state index contributed by atoms with van der Waals surface area (Å²) in [5.74, 6) is 0.454. The third kappa shape index (κ3) is 4.58. The highest BCUT2D eigenvalue weighted by Crippen LogP contribution is 2.43. The van der Waals surface area contributed by atoms with Crippen LogP contribution in [0.1, 0.15) is 24.0 Å². The first-order chi connectivity index (χ1) is 17.5. The van der Waals surface area contributed by atoms with E-state index in [9.17, 15) is 5.11 Å². The first-order valence-electron chi connectivity index (χ1n) is 12.4. The quantitative estimate of drug-likeness (QED) is 0.273. The maximum Gasteiger partial charge on any atom is 0.220 e. The summed E-state index contributed by atoms with van der Waals surface area (Å²) in [6, 6.07) is 33.0. The third-order valence-corrected chi connectivity index (χ3v) is 6.90. The summed E-state index contributed by atoms with van der Waals surface area (Å²) >= 11 is 0. The van der Waals surface area contributed by atoms with Gasteiger partial charge in [0.2, 0.25) is 5.88 Å². The van der Waals surface area contributed by atoms with Gasteiger partial charge in [-0.3, -0.25) is 0 Å². The number of ether oxygens (including phenoxy) is 1. The molecule has 0 aliphatic heterocycles. The van der Waals surface area contributed by atoms with Gasteiger partial charge in [-0.05, 0) is 79.1 Å². The van der Waals surface area contributed by atoms with E-state index in [1.54, 1.807) is 7.11 Å². The van der Waals surface area contributed by atoms with Gasteiger partial charge in [-0.25, -0.2) is 4.98 Å². The molecule has 0 aliphatic carbocycles. The van der Waals surface area contributed by atoms with Crippen molar-refractivity contribution in [2.24, 2.45) is 0 Å². The van der Waals surface area contributed by atoms with E-state index < -0.39 is 5.60 Å². The molecule has 0 spiro atoms. The molecule has 1 heterocycles. The molecule has 36 heavy (non-hydrogen) atoms. The van der Waals surface area contributed by atoms with Crippen LogP contribution < -0.4 is 4.74 Å². The molecule has 0 aliphatic rings. The SMILES string of the molecule is COc1nc2ccc(-c3ccccc3)cc2cc1C(O)(CCCN(C)C)c1cccc2ccccc12. The molecule has 0 fully saturated rings. The van der Waals surface area contributed by atoms with Crippen molar-refractivity contribution < 1.29 is 9.84 Å². The van der Waals surface area contributed by atoms with E-state index in [1.807, 2.05) is 48.5 Å². The largest absolute Gasteiger partial charge is 0.481 e. The molecule has 0 bridgehead atoms. The van der Waals surface area contributed by atoms with Crippen LogP contribution in [0, 0.1) is 0 Å². The third-order valence-electron chi connectivity index (χ3n) is 6.90. The van der Waals surface area contributed by atoms with E-state index in [0.717, 1.165) is 51.3 Å². The molecule has 4 nitrogen and oxygen atoms in total. The van der Waals surface area contributed by atoms with Crippen molar-refractivity contribution >= 4 is 21.7 Å². The Bertz CT molecular complexity index is 1490. The highest BCUT2D eigenvalue weighted by Gasteiger charge is 2.36. The van der Waals surface area contributed by atoms with Crippen LogP contribution in [0.25, 0.3) is 32.8 Å². The normalized spacial score (nSPS) is 13.2. The first kappa shape index (κ1) is 24.0. The molecule has 4 heteroatoms. The molecule has 0 saturated heterocycles. The number of rotatable bonds is 8. The number of aromatic nitrogens is 1. The van der Waals surface area contributed by atoms with Crippen LogP contribution in [0.3, 0.4) is 0 Å². The molecule has 0 radical (unpaired) electrons. The minimum absolute atomic E-state index is 0.454. The summed E-state index contributed by atoms with van der Waals surface area (Å²) in [5.41, 5.74) is 3.39. The fourth-order valence-corrected chi connectivity index (χ4v) is 5.07. The highest BCUT2D eigenvalue weighted by molar-refractivity contribution is 5.89. The van der Waals surface area contributed by atoms with Crippen molar-refractivity contribution in [1.82, 2.24) is 9.88 Å². The number of nitrogens with zero attached hydrogens (tertiary/aromatic N) is 2. The zero-order valence-corrected chi connectivity index (χ0v) is 21.1. The van der Waals surface area contributed by atoms with Crippen LogP contribution in [0.4, 0.5) is 0 Å². The number of pyridine rings is 1. The second-order valence-corrected chi connectivity index (χ2v) is 9.61. The monoisotopic (exact) mass is 476 g/mol. The molecule has 0 amide bonds. The van der Waals surface area contributed by atoms with Crippen molar-refractivity contribution in [3.05, 3.63) is 108 Å². The Morgan fingerprint density at radius 2 is 1.53 bits per heavy atom. The maximum atomic E-state index is 12.6. The Labute approximate surface area is 212 Å². The van der Waals surface area contributed by atoms with Crippen LogP contribution >= 0.6 is 0 Å². The Morgan fingerprint density at radius 1 is 0.778 bits per heavy atom. The number of aliphatic hydroxyl groups is 1. The molecule has 0 saturated carbocycles. The maximum absolute atomic E-state index is 12.6. The van der Waals surface area contributed by atoms with Crippen LogP contribution in [0.5, 0.6) is 5.88 Å². The van der Waals surface area contributed by atoms with Crippen molar-refractivity contribution in [3.8, 4) is 17.0 Å². The molecule has 1 aromatic heterocycles. The Kier molecular flexibility index (Phi) is 6.73. The zero-order chi connectivity index (χ0) is 25.1. The number of hydrogen-bond acceptors (Lipinski definition) is 4. The van der Waals surface area contributed by atoms with Gasteiger partial charge in [0.05, 0.1) is 18.2 Å². The van der Waals surface area contributed by atoms with Gasteiger partial charge in [0, 0.05) is 5.39 Å². The average Bonchev–Trinajstić information content (AvgIpc) is 2.91. The van der Waals surface area contributed by atoms with Gasteiger partial charge in [-0.1, -0.05) is 78.9 Å². The Hall–Kier alpha value is -3.73. The topological polar surface area (TPSA) is 45.6 Å². The lowest BCUT2D eigenvalue weighted by Crippen LogP contribution is -2.30. The van der Waals surface area contributed by atoms with Gasteiger partial charge in [-0.15, -0.1) is 0 Å². The fourth-order valence-electron chi connectivity index (χ4n) is 5.07. The number of fused-ring (bicyclic) bond motifs is 2. The molecule has 5 rings (SSSR count). The van der Waals surface area contributed by atoms with E-state index in [-0.39, 0.29) is 0 Å². The van der Waals surface area contributed by atoms with Crippen molar-refractivity contribution in [2.75, 3.05) is 27.7 Å². The van der Waals surface area contributed by atoms with Crippen LogP contribution in [-0.2, 0) is 5.60 Å². The minimum Gasteiger partial charge on any atom is -0.481 e. The van der Waals surface area contributed by atoms with Crippen LogP contribution in [-0.4, -0.2) is 42.7 Å². The average molecular weight is 477 g/mol. The summed E-state index contributed by atoms with van der Waals surface area (Å²) in [7, 11) is 5.74. The predicted octanol–water partition coefficient (Wildman–Crippen LogP) is 6.64. The molecular formula is C32H32N2O2. The smallest absolute Gasteiger partial charge is 0.220 e. The standard InChI is InChI=1S/C32H32N2O2/c1-34(2)20-10-19-32(35,28-16-9-14-24-13-7-8-15-27(24)28)29-22-26-21-25(23-11-5-4-6-12-23)17-18-30(26)33-31(29)36-3/h4-9,11-18,21-22,35H,10,19-20H2,1-3H3. The van der Waals surface area contributed by atoms with Crippen molar-refractivity contribution in [2.45, 2.75) is 18.4 Å². The van der Waals surface area contributed by atoms with Gasteiger partial charge < -0.3 is 14.7 Å². The van der Waals surface area contributed by atoms with Gasteiger partial charge in [0.25, 0.3) is 0 Å². The molecule has 1 unspecified atom stereocenters. The Morgan fingerprint density at radius 3 is 2.31 bits per heavy atom. The first-order valence-corrected chi connectivity index (χ1v) is 12.4. The number of hydrogen-bond donors (Lipinski definition) is 1. The van der Waals surface area contributed by atoms with Crippen LogP contribution in [0.2, 0.25) is 0 Å². The Balaban J connectivity index is 1.72. The van der Waals surface area contributed by atoms with E-state index in [1.165, 1.54) is 0 Å². The summed E-state index contributed by atoms with van der Waals surface area (Å²) in [5, 5.41) is 15.7. The van der Waals surface area contributed by atoms with Gasteiger partial charge in [0.15, 0.2) is 0 Å². The lowest BCUT2D eigenvalue weighted by Gasteiger charge is -2.32. The molecular weight excluding hydrogens is 444 g/mol. The number of methoxy groups -OCH3 is 1. The van der Waals surface area contributed by atoms with Gasteiger partial charge in [-0.2, -0.15) is 0 Å². The van der Waals surface area contributed by atoms with Crippen LogP contribution in [0.15, 0.2) is 97.1 Å². The molecule has 1 N–H and O–H groups in total. The van der Waals surface area contributed by atoms with E-state index in [4.69, 9.17) is 9.72 Å². The summed E-state index contributed by atoms with van der Waals surface area (Å²) in [6.45, 7) is 0.870. The van der Waals surface area contributed by atoms with Gasteiger partial charge in [0.1, 0.15) is 5.60 Å². The molecule has 4 aromatic carbocycles. The van der Waals surface area contributed by atoms with Gasteiger partial charge >= 0.3 is 0 Å². The van der Waals surface area contributed by atoms with E-state index in [0.29, 0.717) is 17.9 Å². The lowest BCUT2D eigenvalue weighted by molar-refractivity contribution is 0.0648. The van der Waals surface area contributed by atoms with E-state index >= 15 is 0 Å². The summed E-state index contributed by atoms with van der Waals surface area (Å²) in [6.07, 6.45) is 1.36.